The van der Waals surface area contributed by atoms with Gasteiger partial charge in [-0.3, -0.25) is 4.79 Å². The molecule has 1 fully saturated rings. The molecule has 2 atom stereocenters. The van der Waals surface area contributed by atoms with E-state index in [4.69, 9.17) is 21.1 Å². The number of benzene rings is 1. The second-order valence-electron chi connectivity index (χ2n) is 5.72. The van der Waals surface area contributed by atoms with E-state index in [1.54, 1.807) is 4.90 Å². The van der Waals surface area contributed by atoms with Crippen molar-refractivity contribution in [3.63, 3.8) is 0 Å². The maximum Gasteiger partial charge on any atom is 0.260 e. The molecule has 1 aliphatic rings. The van der Waals surface area contributed by atoms with Gasteiger partial charge in [0.2, 0.25) is 0 Å². The lowest BCUT2D eigenvalue weighted by Gasteiger charge is -2.35. The van der Waals surface area contributed by atoms with Crippen molar-refractivity contribution in [1.29, 1.82) is 0 Å². The van der Waals surface area contributed by atoms with Crippen molar-refractivity contribution in [1.82, 2.24) is 4.90 Å². The number of ether oxygens (including phenoxy) is 2. The van der Waals surface area contributed by atoms with Gasteiger partial charge in [0.1, 0.15) is 5.75 Å². The molecular weight excluding hydrogens is 290 g/mol. The first-order valence-corrected chi connectivity index (χ1v) is 7.57. The molecule has 1 aromatic carbocycles. The fourth-order valence-corrected chi connectivity index (χ4v) is 2.72. The van der Waals surface area contributed by atoms with Crippen molar-refractivity contribution in [2.75, 3.05) is 19.7 Å². The number of aryl methyl sites for hydroxylation is 2. The van der Waals surface area contributed by atoms with Gasteiger partial charge in [0.15, 0.2) is 6.61 Å². The Bertz CT molecular complexity index is 499. The summed E-state index contributed by atoms with van der Waals surface area (Å²) < 4.78 is 11.2. The molecule has 4 nitrogen and oxygen atoms in total. The number of morpholine rings is 1. The molecule has 0 spiro atoms. The summed E-state index contributed by atoms with van der Waals surface area (Å²) in [7, 11) is 0. The number of carbonyl (C=O) groups excluding carboxylic acids is 1. The summed E-state index contributed by atoms with van der Waals surface area (Å²) in [5.41, 5.74) is 1.90. The molecule has 1 amide bonds. The van der Waals surface area contributed by atoms with Crippen LogP contribution in [0, 0.1) is 13.8 Å². The molecule has 0 radical (unpaired) electrons. The summed E-state index contributed by atoms with van der Waals surface area (Å²) in [6.07, 6.45) is 0.135. The summed E-state index contributed by atoms with van der Waals surface area (Å²) >= 11 is 6.12. The van der Waals surface area contributed by atoms with E-state index >= 15 is 0 Å². The Hall–Kier alpha value is -1.26. The summed E-state index contributed by atoms with van der Waals surface area (Å²) in [6, 6.07) is 3.71. The van der Waals surface area contributed by atoms with Gasteiger partial charge in [-0.1, -0.05) is 11.6 Å². The molecule has 21 heavy (non-hydrogen) atoms. The van der Waals surface area contributed by atoms with Gasteiger partial charge in [-0.25, -0.2) is 0 Å². The van der Waals surface area contributed by atoms with Crippen LogP contribution in [-0.2, 0) is 9.53 Å². The van der Waals surface area contributed by atoms with Crippen LogP contribution >= 0.6 is 11.6 Å². The van der Waals surface area contributed by atoms with Gasteiger partial charge in [0.05, 0.1) is 12.2 Å². The monoisotopic (exact) mass is 311 g/mol. The zero-order valence-electron chi connectivity index (χ0n) is 13.0. The quantitative estimate of drug-likeness (QED) is 0.861. The fraction of sp³-hybridized carbons (Fsp3) is 0.562. The maximum atomic E-state index is 12.2. The van der Waals surface area contributed by atoms with E-state index in [0.717, 1.165) is 16.1 Å². The number of carbonyl (C=O) groups is 1. The number of hydrogen-bond donors (Lipinski definition) is 0. The van der Waals surface area contributed by atoms with Gasteiger partial charge in [0.25, 0.3) is 5.91 Å². The Morgan fingerprint density at radius 1 is 1.29 bits per heavy atom. The summed E-state index contributed by atoms with van der Waals surface area (Å²) in [6.45, 7) is 9.08. The minimum Gasteiger partial charge on any atom is -0.484 e. The van der Waals surface area contributed by atoms with E-state index in [2.05, 4.69) is 0 Å². The zero-order valence-corrected chi connectivity index (χ0v) is 13.7. The first kappa shape index (κ1) is 16.1. The molecule has 0 unspecified atom stereocenters. The van der Waals surface area contributed by atoms with Gasteiger partial charge >= 0.3 is 0 Å². The lowest BCUT2D eigenvalue weighted by Crippen LogP contribution is -2.49. The van der Waals surface area contributed by atoms with Crippen LogP contribution < -0.4 is 4.74 Å². The maximum absolute atomic E-state index is 12.2. The lowest BCUT2D eigenvalue weighted by atomic mass is 10.1. The molecule has 2 rings (SSSR count). The fourth-order valence-electron chi connectivity index (χ4n) is 2.61. The van der Waals surface area contributed by atoms with Gasteiger partial charge in [-0.2, -0.15) is 0 Å². The van der Waals surface area contributed by atoms with Crippen LogP contribution in [0.15, 0.2) is 12.1 Å². The molecule has 0 bridgehead atoms. The van der Waals surface area contributed by atoms with E-state index in [-0.39, 0.29) is 24.7 Å². The highest BCUT2D eigenvalue weighted by Gasteiger charge is 2.26. The predicted molar refractivity (Wildman–Crippen MR) is 83.0 cm³/mol. The third-order valence-electron chi connectivity index (χ3n) is 3.54. The largest absolute Gasteiger partial charge is 0.484 e. The van der Waals surface area contributed by atoms with E-state index in [1.165, 1.54) is 0 Å². The van der Waals surface area contributed by atoms with Crippen LogP contribution in [0.4, 0.5) is 0 Å². The Morgan fingerprint density at radius 2 is 1.81 bits per heavy atom. The SMILES string of the molecule is Cc1cc(OCC(=O)N2C[C@H](C)O[C@@H](C)C2)cc(C)c1Cl. The Kier molecular flexibility index (Phi) is 5.12. The number of rotatable bonds is 3. The number of nitrogens with zero attached hydrogens (tertiary/aromatic N) is 1. The first-order valence-electron chi connectivity index (χ1n) is 7.19. The standard InChI is InChI=1S/C16H22ClNO3/c1-10-5-14(6-11(2)16(10)17)20-9-15(19)18-7-12(3)21-13(4)8-18/h5-6,12-13H,7-9H2,1-4H3/t12-,13-/m0/s1. The summed E-state index contributed by atoms with van der Waals surface area (Å²) in [5, 5.41) is 0.740. The molecule has 116 valence electrons. The highest BCUT2D eigenvalue weighted by Crippen LogP contribution is 2.25. The number of halogens is 1. The first-order chi connectivity index (χ1) is 9.86. The minimum absolute atomic E-state index is 0.0118. The summed E-state index contributed by atoms with van der Waals surface area (Å²) in [4.78, 5) is 14.0. The third kappa shape index (κ3) is 4.11. The third-order valence-corrected chi connectivity index (χ3v) is 4.14. The molecule has 0 N–H and O–H groups in total. The molecule has 0 aliphatic carbocycles. The number of amides is 1. The molecule has 1 aliphatic heterocycles. The van der Waals surface area contributed by atoms with Crippen molar-refractivity contribution in [2.45, 2.75) is 39.9 Å². The second-order valence-corrected chi connectivity index (χ2v) is 6.09. The second kappa shape index (κ2) is 6.67. The van der Waals surface area contributed by atoms with Crippen LogP contribution in [0.5, 0.6) is 5.75 Å². The van der Waals surface area contributed by atoms with Gasteiger partial charge in [-0.05, 0) is 51.0 Å². The lowest BCUT2D eigenvalue weighted by molar-refractivity contribution is -0.145. The van der Waals surface area contributed by atoms with Crippen LogP contribution in [0.3, 0.4) is 0 Å². The van der Waals surface area contributed by atoms with Crippen LogP contribution in [0.25, 0.3) is 0 Å². The molecule has 0 saturated carbocycles. The van der Waals surface area contributed by atoms with E-state index in [0.29, 0.717) is 18.8 Å². The predicted octanol–water partition coefficient (Wildman–Crippen LogP) is 2.97. The molecule has 0 aromatic heterocycles. The van der Waals surface area contributed by atoms with Crippen molar-refractivity contribution < 1.29 is 14.3 Å². The number of hydrogen-bond acceptors (Lipinski definition) is 3. The Labute approximate surface area is 131 Å². The Balaban J connectivity index is 1.95. The van der Waals surface area contributed by atoms with Gasteiger partial charge < -0.3 is 14.4 Å². The average Bonchev–Trinajstić information content (AvgIpc) is 2.40. The minimum atomic E-state index is -0.0118. The van der Waals surface area contributed by atoms with E-state index in [1.807, 2.05) is 39.8 Å². The highest BCUT2D eigenvalue weighted by atomic mass is 35.5. The van der Waals surface area contributed by atoms with Crippen LogP contribution in [0.1, 0.15) is 25.0 Å². The van der Waals surface area contributed by atoms with Crippen LogP contribution in [-0.4, -0.2) is 42.7 Å². The highest BCUT2D eigenvalue weighted by molar-refractivity contribution is 6.32. The smallest absolute Gasteiger partial charge is 0.260 e. The van der Waals surface area contributed by atoms with Gasteiger partial charge in [0, 0.05) is 18.1 Å². The molecule has 1 aromatic rings. The van der Waals surface area contributed by atoms with E-state index < -0.39 is 0 Å². The molecule has 1 saturated heterocycles. The van der Waals surface area contributed by atoms with Gasteiger partial charge in [-0.15, -0.1) is 0 Å². The Morgan fingerprint density at radius 3 is 2.33 bits per heavy atom. The molecule has 5 heteroatoms. The average molecular weight is 312 g/mol. The van der Waals surface area contributed by atoms with Crippen LogP contribution in [0.2, 0.25) is 5.02 Å². The topological polar surface area (TPSA) is 38.8 Å². The zero-order chi connectivity index (χ0) is 15.6. The summed E-state index contributed by atoms with van der Waals surface area (Å²) in [5.74, 6) is 0.666. The molecule has 1 heterocycles. The normalized spacial score (nSPS) is 22.2. The molecular formula is C16H22ClNO3. The van der Waals surface area contributed by atoms with Crippen molar-refractivity contribution in [3.8, 4) is 5.75 Å². The van der Waals surface area contributed by atoms with Crippen molar-refractivity contribution in [3.05, 3.63) is 28.3 Å². The van der Waals surface area contributed by atoms with Crippen molar-refractivity contribution >= 4 is 17.5 Å². The van der Waals surface area contributed by atoms with E-state index in [9.17, 15) is 4.79 Å². The van der Waals surface area contributed by atoms with Crippen molar-refractivity contribution in [2.24, 2.45) is 0 Å².